The van der Waals surface area contributed by atoms with Crippen molar-refractivity contribution in [2.24, 2.45) is 0 Å². The lowest BCUT2D eigenvalue weighted by atomic mass is 9.91. The summed E-state index contributed by atoms with van der Waals surface area (Å²) in [4.78, 5) is 0. The monoisotopic (exact) mass is 235 g/mol. The topological polar surface area (TPSA) is 41.5 Å². The molecule has 0 fully saturated rings. The Hall–Kier alpha value is -1.06. The molecule has 2 rings (SSSR count). The summed E-state index contributed by atoms with van der Waals surface area (Å²) in [7, 11) is 0. The van der Waals surface area contributed by atoms with E-state index in [1.54, 1.807) is 0 Å². The van der Waals surface area contributed by atoms with Crippen LogP contribution in [0.3, 0.4) is 0 Å². The van der Waals surface area contributed by atoms with Crippen LogP contribution in [0.5, 0.6) is 5.75 Å². The quantitative estimate of drug-likeness (QED) is 0.735. The van der Waals surface area contributed by atoms with Crippen LogP contribution in [0.15, 0.2) is 18.2 Å². The highest BCUT2D eigenvalue weighted by Gasteiger charge is 2.13. The molecule has 0 aliphatic heterocycles. The van der Waals surface area contributed by atoms with Gasteiger partial charge in [0.25, 0.3) is 0 Å². The molecule has 0 amide bonds. The molecule has 3 nitrogen and oxygen atoms in total. The number of fused-ring (bicyclic) bond motifs is 1. The Morgan fingerprint density at radius 1 is 1.18 bits per heavy atom. The van der Waals surface area contributed by atoms with Crippen molar-refractivity contribution in [1.29, 1.82) is 0 Å². The Morgan fingerprint density at radius 3 is 2.94 bits per heavy atom. The van der Waals surface area contributed by atoms with E-state index in [1.165, 1.54) is 30.4 Å². The molecule has 0 spiro atoms. The first kappa shape index (κ1) is 12.4. The van der Waals surface area contributed by atoms with Crippen molar-refractivity contribution in [2.45, 2.75) is 25.7 Å². The maximum atomic E-state index is 8.64. The standard InChI is InChI=1S/C14H21NO2/c16-10-8-15-9-11-17-14-7-3-5-12-4-1-2-6-13(12)14/h3,5,7,15-16H,1-2,4,6,8-11H2. The molecule has 0 radical (unpaired) electrons. The van der Waals surface area contributed by atoms with Gasteiger partial charge in [0.15, 0.2) is 0 Å². The first-order chi connectivity index (χ1) is 8.42. The van der Waals surface area contributed by atoms with Gasteiger partial charge in [-0.25, -0.2) is 0 Å². The average molecular weight is 235 g/mol. The second-order valence-corrected chi connectivity index (χ2v) is 4.42. The second kappa shape index (κ2) is 6.62. The van der Waals surface area contributed by atoms with E-state index in [4.69, 9.17) is 9.84 Å². The maximum Gasteiger partial charge on any atom is 0.122 e. The van der Waals surface area contributed by atoms with Gasteiger partial charge < -0.3 is 15.2 Å². The van der Waals surface area contributed by atoms with Gasteiger partial charge in [0.05, 0.1) is 6.61 Å². The van der Waals surface area contributed by atoms with E-state index >= 15 is 0 Å². The van der Waals surface area contributed by atoms with Crippen LogP contribution < -0.4 is 10.1 Å². The molecule has 1 aromatic rings. The fourth-order valence-electron chi connectivity index (χ4n) is 2.32. The number of nitrogens with one attached hydrogen (secondary N) is 1. The molecule has 1 aromatic carbocycles. The zero-order chi connectivity index (χ0) is 11.9. The van der Waals surface area contributed by atoms with Gasteiger partial charge >= 0.3 is 0 Å². The summed E-state index contributed by atoms with van der Waals surface area (Å²) in [6, 6.07) is 6.36. The smallest absolute Gasteiger partial charge is 0.122 e. The molecule has 17 heavy (non-hydrogen) atoms. The van der Waals surface area contributed by atoms with Crippen molar-refractivity contribution in [1.82, 2.24) is 5.32 Å². The van der Waals surface area contributed by atoms with Gasteiger partial charge in [-0.05, 0) is 42.9 Å². The SMILES string of the molecule is OCCNCCOc1cccc2c1CCCC2. The first-order valence-corrected chi connectivity index (χ1v) is 6.47. The first-order valence-electron chi connectivity index (χ1n) is 6.47. The van der Waals surface area contributed by atoms with Gasteiger partial charge in [0, 0.05) is 13.1 Å². The minimum Gasteiger partial charge on any atom is -0.492 e. The fourth-order valence-corrected chi connectivity index (χ4v) is 2.32. The Morgan fingerprint density at radius 2 is 2.06 bits per heavy atom. The molecule has 1 aliphatic rings. The summed E-state index contributed by atoms with van der Waals surface area (Å²) >= 11 is 0. The number of hydrogen-bond donors (Lipinski definition) is 2. The number of rotatable bonds is 6. The van der Waals surface area contributed by atoms with Crippen molar-refractivity contribution in [3.63, 3.8) is 0 Å². The third kappa shape index (κ3) is 3.45. The molecule has 0 unspecified atom stereocenters. The lowest BCUT2D eigenvalue weighted by molar-refractivity contribution is 0.274. The normalized spacial score (nSPS) is 14.4. The number of aryl methyl sites for hydroxylation is 1. The number of hydrogen-bond acceptors (Lipinski definition) is 3. The Balaban J connectivity index is 1.87. The van der Waals surface area contributed by atoms with Crippen LogP contribution in [-0.4, -0.2) is 31.4 Å². The van der Waals surface area contributed by atoms with Crippen LogP contribution in [0.1, 0.15) is 24.0 Å². The summed E-state index contributed by atoms with van der Waals surface area (Å²) in [5.74, 6) is 1.05. The number of benzene rings is 1. The van der Waals surface area contributed by atoms with E-state index in [-0.39, 0.29) is 6.61 Å². The van der Waals surface area contributed by atoms with E-state index in [1.807, 2.05) is 0 Å². The fraction of sp³-hybridized carbons (Fsp3) is 0.571. The molecular weight excluding hydrogens is 214 g/mol. The molecule has 94 valence electrons. The minimum absolute atomic E-state index is 0.181. The molecule has 0 saturated carbocycles. The Labute approximate surface area is 103 Å². The van der Waals surface area contributed by atoms with Crippen LogP contribution >= 0.6 is 0 Å². The molecule has 0 aromatic heterocycles. The highest BCUT2D eigenvalue weighted by molar-refractivity contribution is 5.41. The third-order valence-electron chi connectivity index (χ3n) is 3.18. The number of ether oxygens (including phenoxy) is 1. The third-order valence-corrected chi connectivity index (χ3v) is 3.18. The van der Waals surface area contributed by atoms with Crippen molar-refractivity contribution in [3.8, 4) is 5.75 Å². The van der Waals surface area contributed by atoms with Crippen molar-refractivity contribution in [3.05, 3.63) is 29.3 Å². The molecule has 0 saturated heterocycles. The van der Waals surface area contributed by atoms with Gasteiger partial charge in [-0.1, -0.05) is 12.1 Å². The summed E-state index contributed by atoms with van der Waals surface area (Å²) in [5, 5.41) is 11.7. The molecule has 0 bridgehead atoms. The highest BCUT2D eigenvalue weighted by atomic mass is 16.5. The Kier molecular flexibility index (Phi) is 4.83. The van der Waals surface area contributed by atoms with Crippen LogP contribution in [0.2, 0.25) is 0 Å². The predicted octanol–water partition coefficient (Wildman–Crippen LogP) is 1.53. The van der Waals surface area contributed by atoms with E-state index in [9.17, 15) is 0 Å². The molecule has 2 N–H and O–H groups in total. The zero-order valence-corrected chi connectivity index (χ0v) is 10.2. The van der Waals surface area contributed by atoms with Crippen LogP contribution in [0.25, 0.3) is 0 Å². The van der Waals surface area contributed by atoms with Gasteiger partial charge in [-0.2, -0.15) is 0 Å². The van der Waals surface area contributed by atoms with E-state index in [0.29, 0.717) is 13.2 Å². The minimum atomic E-state index is 0.181. The van der Waals surface area contributed by atoms with E-state index in [2.05, 4.69) is 23.5 Å². The van der Waals surface area contributed by atoms with E-state index < -0.39 is 0 Å². The summed E-state index contributed by atoms with van der Waals surface area (Å²) < 4.78 is 5.81. The average Bonchev–Trinajstić information content (AvgIpc) is 2.39. The van der Waals surface area contributed by atoms with Crippen LogP contribution in [0, 0.1) is 0 Å². The zero-order valence-electron chi connectivity index (χ0n) is 10.2. The van der Waals surface area contributed by atoms with Crippen LogP contribution in [0.4, 0.5) is 0 Å². The Bertz CT molecular complexity index is 352. The van der Waals surface area contributed by atoms with Crippen molar-refractivity contribution in [2.75, 3.05) is 26.3 Å². The summed E-state index contributed by atoms with van der Waals surface area (Å²) in [6.07, 6.45) is 4.91. The van der Waals surface area contributed by atoms with Crippen LogP contribution in [-0.2, 0) is 12.8 Å². The van der Waals surface area contributed by atoms with Gasteiger partial charge in [0.1, 0.15) is 12.4 Å². The van der Waals surface area contributed by atoms with Crippen molar-refractivity contribution < 1.29 is 9.84 Å². The molecule has 0 atom stereocenters. The molecule has 0 heterocycles. The summed E-state index contributed by atoms with van der Waals surface area (Å²) in [5.41, 5.74) is 2.86. The lowest BCUT2D eigenvalue weighted by Gasteiger charge is -2.19. The molecular formula is C14H21NO2. The predicted molar refractivity (Wildman–Crippen MR) is 68.5 cm³/mol. The number of aliphatic hydroxyl groups excluding tert-OH is 1. The van der Waals surface area contributed by atoms with Gasteiger partial charge in [-0.15, -0.1) is 0 Å². The number of aliphatic hydroxyl groups is 1. The van der Waals surface area contributed by atoms with Gasteiger partial charge in [0.2, 0.25) is 0 Å². The van der Waals surface area contributed by atoms with Gasteiger partial charge in [-0.3, -0.25) is 0 Å². The second-order valence-electron chi connectivity index (χ2n) is 4.42. The largest absolute Gasteiger partial charge is 0.492 e. The van der Waals surface area contributed by atoms with E-state index in [0.717, 1.165) is 18.7 Å². The molecule has 1 aliphatic carbocycles. The molecule has 3 heteroatoms. The summed E-state index contributed by atoms with van der Waals surface area (Å²) in [6.45, 7) is 2.26. The lowest BCUT2D eigenvalue weighted by Crippen LogP contribution is -2.24. The van der Waals surface area contributed by atoms with Crippen molar-refractivity contribution >= 4 is 0 Å². The highest BCUT2D eigenvalue weighted by Crippen LogP contribution is 2.29. The maximum absolute atomic E-state index is 8.64.